The number of hydrogen-bond donors (Lipinski definition) is 0. The highest BCUT2D eigenvalue weighted by molar-refractivity contribution is 7.91. The summed E-state index contributed by atoms with van der Waals surface area (Å²) in [5.41, 5.74) is 1.30. The van der Waals surface area contributed by atoms with Crippen molar-refractivity contribution in [2.75, 3.05) is 10.7 Å². The van der Waals surface area contributed by atoms with E-state index in [-0.39, 0.29) is 28.3 Å². The van der Waals surface area contributed by atoms with Crippen LogP contribution in [0.2, 0.25) is 0 Å². The van der Waals surface area contributed by atoms with Gasteiger partial charge in [-0.25, -0.2) is 17.8 Å². The molecule has 1 aromatic heterocycles. The number of halogens is 1. The number of carbonyl (C=O) groups is 1. The van der Waals surface area contributed by atoms with Crippen LogP contribution in [-0.4, -0.2) is 25.1 Å². The first-order valence-electron chi connectivity index (χ1n) is 9.62. The maximum absolute atomic E-state index is 14.2. The van der Waals surface area contributed by atoms with Crippen LogP contribution >= 0.6 is 11.3 Å². The lowest BCUT2D eigenvalue weighted by Crippen LogP contribution is -2.30. The van der Waals surface area contributed by atoms with Crippen molar-refractivity contribution < 1.29 is 17.6 Å². The number of anilines is 1. The van der Waals surface area contributed by atoms with Crippen molar-refractivity contribution in [1.82, 2.24) is 4.98 Å². The fourth-order valence-electron chi connectivity index (χ4n) is 3.16. The number of rotatable bonds is 6. The molecule has 3 aromatic carbocycles. The fraction of sp³-hybridized carbons (Fsp3) is 0.130. The van der Waals surface area contributed by atoms with Crippen molar-refractivity contribution >= 4 is 42.4 Å². The van der Waals surface area contributed by atoms with Gasteiger partial charge in [-0.1, -0.05) is 60.7 Å². The van der Waals surface area contributed by atoms with Crippen LogP contribution in [0.3, 0.4) is 0 Å². The number of fused-ring (bicyclic) bond motifs is 1. The quantitative estimate of drug-likeness (QED) is 0.408. The highest BCUT2D eigenvalue weighted by Crippen LogP contribution is 2.32. The number of para-hydroxylation sites is 1. The molecule has 8 heteroatoms. The summed E-state index contributed by atoms with van der Waals surface area (Å²) in [5, 5.41) is 0.345. The van der Waals surface area contributed by atoms with Crippen molar-refractivity contribution in [1.29, 1.82) is 0 Å². The fourth-order valence-corrected chi connectivity index (χ4v) is 5.06. The van der Waals surface area contributed by atoms with Gasteiger partial charge in [0, 0.05) is 5.56 Å². The van der Waals surface area contributed by atoms with E-state index in [1.165, 1.54) is 34.4 Å². The largest absolute Gasteiger partial charge is 0.279 e. The minimum atomic E-state index is -3.46. The Bertz CT molecular complexity index is 1350. The molecular weight excluding hydrogens is 435 g/mol. The molecule has 158 valence electrons. The van der Waals surface area contributed by atoms with Crippen LogP contribution in [0.1, 0.15) is 22.8 Å². The van der Waals surface area contributed by atoms with Gasteiger partial charge in [0.25, 0.3) is 5.91 Å². The van der Waals surface area contributed by atoms with Crippen molar-refractivity contribution in [2.24, 2.45) is 0 Å². The first-order chi connectivity index (χ1) is 14.9. The van der Waals surface area contributed by atoms with E-state index in [0.717, 1.165) is 5.56 Å². The average Bonchev–Trinajstić information content (AvgIpc) is 3.23. The molecule has 31 heavy (non-hydrogen) atoms. The van der Waals surface area contributed by atoms with Gasteiger partial charge in [0.1, 0.15) is 11.3 Å². The SMILES string of the molecule is CCS(=O)(=O)c1cccc(C(=O)N(Cc2ccccc2)c2nc3c(F)cccc3s2)c1. The Labute approximate surface area is 183 Å². The third-order valence-electron chi connectivity index (χ3n) is 4.84. The van der Waals surface area contributed by atoms with Crippen molar-refractivity contribution in [3.63, 3.8) is 0 Å². The Morgan fingerprint density at radius 3 is 2.48 bits per heavy atom. The van der Waals surface area contributed by atoms with Crippen LogP contribution in [0.15, 0.2) is 77.7 Å². The van der Waals surface area contributed by atoms with Crippen LogP contribution in [0.25, 0.3) is 10.2 Å². The zero-order valence-corrected chi connectivity index (χ0v) is 18.3. The molecule has 1 amide bonds. The monoisotopic (exact) mass is 454 g/mol. The summed E-state index contributed by atoms with van der Waals surface area (Å²) < 4.78 is 39.4. The molecule has 0 N–H and O–H groups in total. The summed E-state index contributed by atoms with van der Waals surface area (Å²) >= 11 is 1.21. The Balaban J connectivity index is 1.79. The Hall–Kier alpha value is -3.10. The van der Waals surface area contributed by atoms with Gasteiger partial charge in [-0.3, -0.25) is 9.69 Å². The third-order valence-corrected chi connectivity index (χ3v) is 7.61. The summed E-state index contributed by atoms with van der Waals surface area (Å²) in [6, 6.07) is 20.0. The number of carbonyl (C=O) groups excluding carboxylic acids is 1. The smallest absolute Gasteiger partial charge is 0.260 e. The number of thiazole rings is 1. The van der Waals surface area contributed by atoms with Crippen molar-refractivity contribution in [3.05, 3.63) is 89.7 Å². The molecule has 0 atom stereocenters. The lowest BCUT2D eigenvalue weighted by molar-refractivity contribution is 0.0985. The third kappa shape index (κ3) is 4.35. The lowest BCUT2D eigenvalue weighted by Gasteiger charge is -2.20. The zero-order chi connectivity index (χ0) is 22.0. The molecule has 1 heterocycles. The minimum Gasteiger partial charge on any atom is -0.279 e. The van der Waals surface area contributed by atoms with E-state index in [4.69, 9.17) is 0 Å². The van der Waals surface area contributed by atoms with E-state index in [0.29, 0.717) is 9.83 Å². The molecule has 0 fully saturated rings. The first kappa shape index (κ1) is 21.1. The Kier molecular flexibility index (Phi) is 5.84. The van der Waals surface area contributed by atoms with E-state index >= 15 is 0 Å². The number of aromatic nitrogens is 1. The predicted octanol–water partition coefficient (Wildman–Crippen LogP) is 5.08. The van der Waals surface area contributed by atoms with Gasteiger partial charge in [-0.05, 0) is 35.9 Å². The Morgan fingerprint density at radius 1 is 1.03 bits per heavy atom. The maximum Gasteiger partial charge on any atom is 0.260 e. The maximum atomic E-state index is 14.2. The number of amides is 1. The van der Waals surface area contributed by atoms with Crippen LogP contribution in [0.5, 0.6) is 0 Å². The molecule has 0 saturated carbocycles. The molecule has 0 bridgehead atoms. The van der Waals surface area contributed by atoms with Gasteiger partial charge in [0.2, 0.25) is 0 Å². The summed E-state index contributed by atoms with van der Waals surface area (Å²) in [5.74, 6) is -0.921. The normalized spacial score (nSPS) is 11.5. The molecule has 0 radical (unpaired) electrons. The van der Waals surface area contributed by atoms with Crippen LogP contribution < -0.4 is 4.90 Å². The lowest BCUT2D eigenvalue weighted by atomic mass is 10.1. The second kappa shape index (κ2) is 8.56. The average molecular weight is 455 g/mol. The van der Waals surface area contributed by atoms with E-state index in [1.54, 1.807) is 31.2 Å². The summed E-state index contributed by atoms with van der Waals surface area (Å²) in [7, 11) is -3.46. The van der Waals surface area contributed by atoms with Crippen LogP contribution in [-0.2, 0) is 16.4 Å². The number of benzene rings is 3. The Morgan fingerprint density at radius 2 is 1.77 bits per heavy atom. The molecule has 5 nitrogen and oxygen atoms in total. The number of hydrogen-bond acceptors (Lipinski definition) is 5. The van der Waals surface area contributed by atoms with Crippen LogP contribution in [0, 0.1) is 5.82 Å². The predicted molar refractivity (Wildman–Crippen MR) is 121 cm³/mol. The number of sulfone groups is 1. The molecule has 0 aliphatic heterocycles. The van der Waals surface area contributed by atoms with Crippen molar-refractivity contribution in [3.8, 4) is 0 Å². The second-order valence-corrected chi connectivity index (χ2v) is 10.2. The molecular formula is C23H19FN2O3S2. The first-order valence-corrected chi connectivity index (χ1v) is 12.1. The topological polar surface area (TPSA) is 67.3 Å². The zero-order valence-electron chi connectivity index (χ0n) is 16.7. The number of nitrogens with zero attached hydrogens (tertiary/aromatic N) is 2. The molecule has 4 rings (SSSR count). The van der Waals surface area contributed by atoms with E-state index in [1.807, 2.05) is 30.3 Å². The van der Waals surface area contributed by atoms with Gasteiger partial charge in [-0.2, -0.15) is 0 Å². The summed E-state index contributed by atoms with van der Waals surface area (Å²) in [6.45, 7) is 1.77. The molecule has 0 unspecified atom stereocenters. The minimum absolute atomic E-state index is 0.0600. The van der Waals surface area contributed by atoms with E-state index in [9.17, 15) is 17.6 Å². The van der Waals surface area contributed by atoms with Gasteiger partial charge in [0.05, 0.1) is 21.9 Å². The second-order valence-electron chi connectivity index (χ2n) is 6.89. The molecule has 4 aromatic rings. The molecule has 0 spiro atoms. The van der Waals surface area contributed by atoms with Crippen LogP contribution in [0.4, 0.5) is 9.52 Å². The standard InChI is InChI=1S/C23H19FN2O3S2/c1-2-31(28,29)18-11-6-10-17(14-18)22(27)26(15-16-8-4-3-5-9-16)23-25-21-19(24)12-7-13-20(21)30-23/h3-14H,2,15H2,1H3. The van der Waals surface area contributed by atoms with Gasteiger partial charge in [-0.15, -0.1) is 0 Å². The van der Waals surface area contributed by atoms with Gasteiger partial charge >= 0.3 is 0 Å². The highest BCUT2D eigenvalue weighted by Gasteiger charge is 2.24. The summed E-state index contributed by atoms with van der Waals surface area (Å²) in [4.78, 5) is 19.4. The molecule has 0 aliphatic carbocycles. The molecule has 0 saturated heterocycles. The van der Waals surface area contributed by atoms with Crippen molar-refractivity contribution in [2.45, 2.75) is 18.4 Å². The summed E-state index contributed by atoms with van der Waals surface area (Å²) in [6.07, 6.45) is 0. The molecule has 0 aliphatic rings. The van der Waals surface area contributed by atoms with Gasteiger partial charge in [0.15, 0.2) is 15.0 Å². The van der Waals surface area contributed by atoms with Gasteiger partial charge < -0.3 is 0 Å². The van der Waals surface area contributed by atoms with E-state index in [2.05, 4.69) is 4.98 Å². The highest BCUT2D eigenvalue weighted by atomic mass is 32.2. The van der Waals surface area contributed by atoms with E-state index < -0.39 is 21.6 Å².